The van der Waals surface area contributed by atoms with Crippen LogP contribution < -0.4 is 9.80 Å². The Morgan fingerprint density at radius 3 is 1.09 bits per heavy atom. The predicted octanol–water partition coefficient (Wildman–Crippen LogP) is 13.4. The molecule has 64 heavy (non-hydrogen) atoms. The molecule has 3 heterocycles. The van der Waals surface area contributed by atoms with Crippen LogP contribution in [0.5, 0.6) is 0 Å². The zero-order valence-electron chi connectivity index (χ0n) is 34.3. The van der Waals surface area contributed by atoms with E-state index >= 15 is 0 Å². The molecule has 0 amide bonds. The van der Waals surface area contributed by atoms with Crippen molar-refractivity contribution in [3.63, 3.8) is 0 Å². The summed E-state index contributed by atoms with van der Waals surface area (Å²) < 4.78 is 14.9. The van der Waals surface area contributed by atoms with Crippen molar-refractivity contribution in [2.75, 3.05) is 9.80 Å². The predicted molar refractivity (Wildman–Crippen MR) is 257 cm³/mol. The smallest absolute Gasteiger partial charge is 0.241 e. The van der Waals surface area contributed by atoms with Crippen molar-refractivity contribution in [3.05, 3.63) is 224 Å². The largest absolute Gasteiger partial charge is 0.310 e. The summed E-state index contributed by atoms with van der Waals surface area (Å²) in [5.41, 5.74) is 10.3. The van der Waals surface area contributed by atoms with Crippen LogP contribution in [-0.2, 0) is 10.8 Å². The van der Waals surface area contributed by atoms with Crippen molar-refractivity contribution in [2.24, 2.45) is 0 Å². The molecule has 1 aliphatic rings. The summed E-state index contributed by atoms with van der Waals surface area (Å²) in [5, 5.41) is 0. The van der Waals surface area contributed by atoms with Crippen LogP contribution in [0, 0.1) is 0 Å². The summed E-state index contributed by atoms with van der Waals surface area (Å²) in [6.45, 7) is 0. The summed E-state index contributed by atoms with van der Waals surface area (Å²) >= 11 is 0. The van der Waals surface area contributed by atoms with Crippen molar-refractivity contribution in [3.8, 4) is 56.4 Å². The molecule has 2 aromatic heterocycles. The van der Waals surface area contributed by atoms with Crippen molar-refractivity contribution in [1.82, 2.24) is 24.9 Å². The topological polar surface area (TPSA) is 88.0 Å². The lowest BCUT2D eigenvalue weighted by Crippen LogP contribution is -2.18. The first-order chi connectivity index (χ1) is 31.6. The van der Waals surface area contributed by atoms with Crippen molar-refractivity contribution >= 4 is 45.4 Å². The standard InChI is InChI=1S/C55H37N7OS/c63-64-50-35-44(61(42-27-15-5-16-28-42)43-29-17-6-18-30-43)31-33-46(50)47-34-32-45(36-51(47)64)62(54-56-48(38-19-7-1-8-20-38)37-49(57-54)39-21-9-2-10-22-39)55-59-52(40-23-11-3-12-24-40)58-53(60-55)41-25-13-4-14-26-41/h1-37H. The molecule has 0 bridgehead atoms. The molecule has 0 saturated carbocycles. The molecule has 10 aromatic rings. The Morgan fingerprint density at radius 2 is 0.672 bits per heavy atom. The summed E-state index contributed by atoms with van der Waals surface area (Å²) in [5.74, 6) is 1.63. The van der Waals surface area contributed by atoms with Crippen LogP contribution in [0.15, 0.2) is 234 Å². The molecule has 0 saturated heterocycles. The number of anilines is 6. The van der Waals surface area contributed by atoms with E-state index in [-0.39, 0.29) is 0 Å². The van der Waals surface area contributed by atoms with Gasteiger partial charge >= 0.3 is 0 Å². The lowest BCUT2D eigenvalue weighted by atomic mass is 10.0. The molecular weight excluding hydrogens is 807 g/mol. The average molecular weight is 844 g/mol. The first kappa shape index (κ1) is 38.5. The van der Waals surface area contributed by atoms with Gasteiger partial charge in [-0.05, 0) is 65.7 Å². The zero-order chi connectivity index (χ0) is 42.8. The Bertz CT molecular complexity index is 3010. The van der Waals surface area contributed by atoms with Crippen LogP contribution in [0.25, 0.3) is 56.4 Å². The molecule has 9 heteroatoms. The third kappa shape index (κ3) is 7.40. The molecule has 1 aliphatic heterocycles. The summed E-state index contributed by atoms with van der Waals surface area (Å²) in [7, 11) is -1.54. The molecule has 0 radical (unpaired) electrons. The molecule has 8 aromatic carbocycles. The van der Waals surface area contributed by atoms with E-state index in [0.29, 0.717) is 34.1 Å². The summed E-state index contributed by atoms with van der Waals surface area (Å²) in [6, 6.07) is 74.6. The molecule has 11 rings (SSSR count). The van der Waals surface area contributed by atoms with Crippen LogP contribution in [-0.4, -0.2) is 29.1 Å². The zero-order valence-corrected chi connectivity index (χ0v) is 35.1. The van der Waals surface area contributed by atoms with Crippen molar-refractivity contribution < 1.29 is 4.21 Å². The van der Waals surface area contributed by atoms with Gasteiger partial charge in [0.25, 0.3) is 0 Å². The van der Waals surface area contributed by atoms with Crippen LogP contribution in [0.3, 0.4) is 0 Å². The molecule has 0 spiro atoms. The molecule has 304 valence electrons. The third-order valence-electron chi connectivity index (χ3n) is 11.1. The third-order valence-corrected chi connectivity index (χ3v) is 12.6. The number of fused-ring (bicyclic) bond motifs is 3. The Labute approximate surface area is 373 Å². The molecule has 0 N–H and O–H groups in total. The highest BCUT2D eigenvalue weighted by Gasteiger charge is 2.30. The normalized spacial score (nSPS) is 12.6. The lowest BCUT2D eigenvalue weighted by Gasteiger charge is -2.25. The number of hydrogen-bond acceptors (Lipinski definition) is 8. The first-order valence-electron chi connectivity index (χ1n) is 20.9. The number of aromatic nitrogens is 5. The monoisotopic (exact) mass is 843 g/mol. The van der Waals surface area contributed by atoms with Gasteiger partial charge in [-0.3, -0.25) is 0 Å². The van der Waals surface area contributed by atoms with E-state index in [1.807, 2.05) is 193 Å². The Kier molecular flexibility index (Phi) is 10.1. The van der Waals surface area contributed by atoms with Gasteiger partial charge in [0.15, 0.2) is 11.6 Å². The number of hydrogen-bond donors (Lipinski definition) is 0. The van der Waals surface area contributed by atoms with Gasteiger partial charge in [0.2, 0.25) is 11.9 Å². The van der Waals surface area contributed by atoms with E-state index in [0.717, 1.165) is 66.7 Å². The van der Waals surface area contributed by atoms with E-state index in [2.05, 4.69) is 41.3 Å². The van der Waals surface area contributed by atoms with E-state index in [1.165, 1.54) is 0 Å². The minimum Gasteiger partial charge on any atom is -0.310 e. The van der Waals surface area contributed by atoms with Gasteiger partial charge in [-0.2, -0.15) is 9.97 Å². The summed E-state index contributed by atoms with van der Waals surface area (Å²) in [6.07, 6.45) is 0. The Balaban J connectivity index is 1.10. The quantitative estimate of drug-likeness (QED) is 0.134. The van der Waals surface area contributed by atoms with Gasteiger partial charge in [0, 0.05) is 39.3 Å². The summed E-state index contributed by atoms with van der Waals surface area (Å²) in [4.78, 5) is 31.3. The molecule has 1 unspecified atom stereocenters. The van der Waals surface area contributed by atoms with Crippen molar-refractivity contribution in [2.45, 2.75) is 9.79 Å². The fourth-order valence-electron chi connectivity index (χ4n) is 8.04. The van der Waals surface area contributed by atoms with Crippen LogP contribution in [0.4, 0.5) is 34.6 Å². The number of rotatable bonds is 10. The molecular formula is C55H37N7OS. The van der Waals surface area contributed by atoms with Gasteiger partial charge in [-0.1, -0.05) is 170 Å². The van der Waals surface area contributed by atoms with Gasteiger partial charge in [-0.25, -0.2) is 24.1 Å². The molecule has 1 atom stereocenters. The minimum absolute atomic E-state index is 0.307. The van der Waals surface area contributed by atoms with Gasteiger partial charge < -0.3 is 4.90 Å². The van der Waals surface area contributed by atoms with E-state index in [4.69, 9.17) is 24.9 Å². The maximum atomic E-state index is 14.9. The highest BCUT2D eigenvalue weighted by atomic mass is 32.2. The molecule has 0 fully saturated rings. The maximum absolute atomic E-state index is 14.9. The number of nitrogens with zero attached hydrogens (tertiary/aromatic N) is 7. The molecule has 8 nitrogen and oxygen atoms in total. The second-order valence-corrected chi connectivity index (χ2v) is 16.6. The van der Waals surface area contributed by atoms with Crippen LogP contribution in [0.1, 0.15) is 0 Å². The van der Waals surface area contributed by atoms with Crippen LogP contribution in [0.2, 0.25) is 0 Å². The maximum Gasteiger partial charge on any atom is 0.241 e. The lowest BCUT2D eigenvalue weighted by molar-refractivity contribution is 0.685. The van der Waals surface area contributed by atoms with Crippen LogP contribution >= 0.6 is 0 Å². The second-order valence-electron chi connectivity index (χ2n) is 15.2. The van der Waals surface area contributed by atoms with Crippen molar-refractivity contribution in [1.29, 1.82) is 0 Å². The van der Waals surface area contributed by atoms with Gasteiger partial charge in [0.1, 0.15) is 0 Å². The van der Waals surface area contributed by atoms with E-state index in [1.54, 1.807) is 0 Å². The van der Waals surface area contributed by atoms with E-state index in [9.17, 15) is 4.21 Å². The van der Waals surface area contributed by atoms with Gasteiger partial charge in [-0.15, -0.1) is 0 Å². The minimum atomic E-state index is -1.54. The van der Waals surface area contributed by atoms with E-state index < -0.39 is 10.8 Å². The fraction of sp³-hybridized carbons (Fsp3) is 0. The highest BCUT2D eigenvalue weighted by Crippen LogP contribution is 2.47. The highest BCUT2D eigenvalue weighted by molar-refractivity contribution is 7.85. The number of benzene rings is 8. The Morgan fingerprint density at radius 1 is 0.312 bits per heavy atom. The fourth-order valence-corrected chi connectivity index (χ4v) is 9.49. The average Bonchev–Trinajstić information content (AvgIpc) is 3.65. The number of para-hydroxylation sites is 2. The Hall–Kier alpha value is -8.40. The SMILES string of the molecule is O=S1c2cc(N(c3ccccc3)c3ccccc3)ccc2-c2ccc(N(c3nc(-c4ccccc4)cc(-c4ccccc4)n3)c3nc(-c4ccccc4)nc(-c4ccccc4)n3)cc21. The van der Waals surface area contributed by atoms with Gasteiger partial charge in [0.05, 0.1) is 37.7 Å². The first-order valence-corrected chi connectivity index (χ1v) is 22.1. The molecule has 0 aliphatic carbocycles. The second kappa shape index (κ2) is 16.8.